The van der Waals surface area contributed by atoms with Gasteiger partial charge < -0.3 is 15.3 Å². The van der Waals surface area contributed by atoms with Crippen LogP contribution in [0.4, 0.5) is 0 Å². The molecule has 0 amide bonds. The topological polar surface area (TPSA) is 63.9 Å². The summed E-state index contributed by atoms with van der Waals surface area (Å²) >= 11 is 0. The van der Waals surface area contributed by atoms with E-state index in [0.29, 0.717) is 11.8 Å². The van der Waals surface area contributed by atoms with E-state index in [1.165, 1.54) is 11.1 Å². The molecule has 2 aliphatic rings. The number of aliphatic hydroxyl groups excluding tert-OH is 3. The predicted molar refractivity (Wildman–Crippen MR) is 89.9 cm³/mol. The summed E-state index contributed by atoms with van der Waals surface area (Å²) in [5, 5.41) is 29.6. The molecule has 3 rings (SSSR count). The fraction of sp³-hybridized carbons (Fsp3) is 0.684. The average Bonchev–Trinajstić information content (AvgIpc) is 2.53. The molecule has 128 valence electrons. The van der Waals surface area contributed by atoms with Gasteiger partial charge in [0, 0.05) is 19.1 Å². The van der Waals surface area contributed by atoms with Crippen LogP contribution in [0.15, 0.2) is 12.1 Å². The molecule has 1 saturated heterocycles. The van der Waals surface area contributed by atoms with Gasteiger partial charge in [0.1, 0.15) is 0 Å². The number of fused-ring (bicyclic) bond motifs is 3. The highest BCUT2D eigenvalue weighted by molar-refractivity contribution is 5.41. The maximum absolute atomic E-state index is 10.6. The zero-order chi connectivity index (χ0) is 16.6. The Morgan fingerprint density at radius 2 is 1.87 bits per heavy atom. The quantitative estimate of drug-likeness (QED) is 0.794. The van der Waals surface area contributed by atoms with Crippen molar-refractivity contribution in [3.63, 3.8) is 0 Å². The number of rotatable bonds is 4. The standard InChI is InChI=1S/C19H29NO3/c1-12(2)5-14-9-20-4-3-13-6-15(10-21)16(11-22)7-17(13)18(20)8-19(14)23/h6-7,12,14,18-19,21-23H,3-5,8-11H2,1-2H3/t14-,18-,19?/m1/s1. The summed E-state index contributed by atoms with van der Waals surface area (Å²) in [6.07, 6.45) is 2.57. The van der Waals surface area contributed by atoms with Gasteiger partial charge in [-0.15, -0.1) is 0 Å². The second-order valence-corrected chi connectivity index (χ2v) is 7.59. The van der Waals surface area contributed by atoms with Gasteiger partial charge in [-0.1, -0.05) is 26.0 Å². The molecule has 2 heterocycles. The highest BCUT2D eigenvalue weighted by Crippen LogP contribution is 2.40. The normalized spacial score (nSPS) is 27.8. The van der Waals surface area contributed by atoms with Crippen LogP contribution in [0.1, 0.15) is 55.0 Å². The minimum atomic E-state index is -0.250. The van der Waals surface area contributed by atoms with Gasteiger partial charge in [-0.2, -0.15) is 0 Å². The van der Waals surface area contributed by atoms with Crippen LogP contribution in [0.5, 0.6) is 0 Å². The van der Waals surface area contributed by atoms with Gasteiger partial charge in [0.25, 0.3) is 0 Å². The molecule has 0 spiro atoms. The number of piperidine rings is 1. The average molecular weight is 319 g/mol. The van der Waals surface area contributed by atoms with Gasteiger partial charge in [0.2, 0.25) is 0 Å². The van der Waals surface area contributed by atoms with Gasteiger partial charge >= 0.3 is 0 Å². The fourth-order valence-corrected chi connectivity index (χ4v) is 4.37. The molecule has 4 heteroatoms. The molecule has 2 aliphatic heterocycles. The number of hydrogen-bond acceptors (Lipinski definition) is 4. The van der Waals surface area contributed by atoms with Crippen molar-refractivity contribution in [1.82, 2.24) is 4.90 Å². The van der Waals surface area contributed by atoms with E-state index in [-0.39, 0.29) is 25.4 Å². The van der Waals surface area contributed by atoms with Crippen LogP contribution >= 0.6 is 0 Å². The number of hydrogen-bond donors (Lipinski definition) is 3. The van der Waals surface area contributed by atoms with Crippen LogP contribution in [-0.2, 0) is 19.6 Å². The number of benzene rings is 1. The van der Waals surface area contributed by atoms with E-state index < -0.39 is 0 Å². The first-order valence-corrected chi connectivity index (χ1v) is 8.81. The van der Waals surface area contributed by atoms with Crippen molar-refractivity contribution < 1.29 is 15.3 Å². The fourth-order valence-electron chi connectivity index (χ4n) is 4.37. The van der Waals surface area contributed by atoms with Crippen LogP contribution < -0.4 is 0 Å². The van der Waals surface area contributed by atoms with Crippen LogP contribution in [0.3, 0.4) is 0 Å². The Kier molecular flexibility index (Phi) is 5.07. The highest BCUT2D eigenvalue weighted by Gasteiger charge is 2.38. The third-order valence-electron chi connectivity index (χ3n) is 5.52. The van der Waals surface area contributed by atoms with Crippen molar-refractivity contribution in [3.05, 3.63) is 34.4 Å². The second-order valence-electron chi connectivity index (χ2n) is 7.59. The van der Waals surface area contributed by atoms with E-state index >= 15 is 0 Å². The van der Waals surface area contributed by atoms with Crippen molar-refractivity contribution in [3.8, 4) is 0 Å². The highest BCUT2D eigenvalue weighted by atomic mass is 16.3. The maximum atomic E-state index is 10.6. The summed E-state index contributed by atoms with van der Waals surface area (Å²) < 4.78 is 0. The smallest absolute Gasteiger partial charge is 0.0685 e. The lowest BCUT2D eigenvalue weighted by atomic mass is 9.78. The summed E-state index contributed by atoms with van der Waals surface area (Å²) in [6.45, 7) is 6.33. The van der Waals surface area contributed by atoms with E-state index in [1.54, 1.807) is 0 Å². The Morgan fingerprint density at radius 1 is 1.17 bits per heavy atom. The summed E-state index contributed by atoms with van der Waals surface area (Å²) in [7, 11) is 0. The summed E-state index contributed by atoms with van der Waals surface area (Å²) in [4.78, 5) is 2.50. The Hall–Kier alpha value is -0.940. The van der Waals surface area contributed by atoms with Crippen molar-refractivity contribution in [2.45, 2.75) is 58.5 Å². The summed E-state index contributed by atoms with van der Waals surface area (Å²) in [5.41, 5.74) is 4.14. The molecular formula is C19H29NO3. The van der Waals surface area contributed by atoms with Crippen LogP contribution in [0.2, 0.25) is 0 Å². The lowest BCUT2D eigenvalue weighted by Crippen LogP contribution is -2.48. The Bertz CT molecular complexity index is 558. The first kappa shape index (κ1) is 16.9. The monoisotopic (exact) mass is 319 g/mol. The Morgan fingerprint density at radius 3 is 2.52 bits per heavy atom. The molecular weight excluding hydrogens is 290 g/mol. The minimum Gasteiger partial charge on any atom is -0.393 e. The molecule has 0 radical (unpaired) electrons. The minimum absolute atomic E-state index is 0.0311. The van der Waals surface area contributed by atoms with Crippen LogP contribution in [0.25, 0.3) is 0 Å². The first-order valence-electron chi connectivity index (χ1n) is 8.81. The zero-order valence-electron chi connectivity index (χ0n) is 14.2. The van der Waals surface area contributed by atoms with Crippen molar-refractivity contribution in [1.29, 1.82) is 0 Å². The molecule has 0 aliphatic carbocycles. The summed E-state index contributed by atoms with van der Waals surface area (Å²) in [5.74, 6) is 0.971. The molecule has 3 atom stereocenters. The molecule has 1 fully saturated rings. The van der Waals surface area contributed by atoms with Crippen molar-refractivity contribution in [2.75, 3.05) is 13.1 Å². The first-order chi connectivity index (χ1) is 11.0. The predicted octanol–water partition coefficient (Wildman–Crippen LogP) is 2.00. The zero-order valence-corrected chi connectivity index (χ0v) is 14.2. The largest absolute Gasteiger partial charge is 0.393 e. The molecule has 0 saturated carbocycles. The maximum Gasteiger partial charge on any atom is 0.0685 e. The third kappa shape index (κ3) is 3.31. The molecule has 1 aromatic carbocycles. The molecule has 4 nitrogen and oxygen atoms in total. The third-order valence-corrected chi connectivity index (χ3v) is 5.52. The second kappa shape index (κ2) is 6.89. The lowest BCUT2D eigenvalue weighted by Gasteiger charge is -2.46. The van der Waals surface area contributed by atoms with Gasteiger partial charge in [-0.25, -0.2) is 0 Å². The summed E-state index contributed by atoms with van der Waals surface area (Å²) in [6, 6.07) is 4.34. The molecule has 23 heavy (non-hydrogen) atoms. The van der Waals surface area contributed by atoms with Gasteiger partial charge in [-0.05, 0) is 53.4 Å². The van der Waals surface area contributed by atoms with E-state index in [1.807, 2.05) is 12.1 Å². The molecule has 1 unspecified atom stereocenters. The molecule has 0 bridgehead atoms. The van der Waals surface area contributed by atoms with Gasteiger partial charge in [0.15, 0.2) is 0 Å². The van der Waals surface area contributed by atoms with Crippen LogP contribution in [0, 0.1) is 11.8 Å². The van der Waals surface area contributed by atoms with Crippen LogP contribution in [-0.4, -0.2) is 39.4 Å². The van der Waals surface area contributed by atoms with Gasteiger partial charge in [-0.3, -0.25) is 4.90 Å². The van der Waals surface area contributed by atoms with E-state index in [2.05, 4.69) is 18.7 Å². The SMILES string of the molecule is CC(C)C[C@@H]1CN2CCc3cc(CO)c(CO)cc3[C@H]2CC1O. The number of aliphatic hydroxyl groups is 3. The van der Waals surface area contributed by atoms with Crippen molar-refractivity contribution in [2.24, 2.45) is 11.8 Å². The lowest BCUT2D eigenvalue weighted by molar-refractivity contribution is -0.0191. The Labute approximate surface area is 138 Å². The Balaban J connectivity index is 1.87. The molecule has 1 aromatic rings. The molecule has 3 N–H and O–H groups in total. The van der Waals surface area contributed by atoms with E-state index in [4.69, 9.17) is 0 Å². The molecule has 0 aromatic heterocycles. The number of nitrogens with zero attached hydrogens (tertiary/aromatic N) is 1. The van der Waals surface area contributed by atoms with E-state index in [0.717, 1.165) is 43.5 Å². The van der Waals surface area contributed by atoms with Crippen molar-refractivity contribution >= 4 is 0 Å². The van der Waals surface area contributed by atoms with Gasteiger partial charge in [0.05, 0.1) is 19.3 Å². The van der Waals surface area contributed by atoms with E-state index in [9.17, 15) is 15.3 Å².